The number of fused-ring (bicyclic) bond motifs is 2. The van der Waals surface area contributed by atoms with E-state index in [9.17, 15) is 27.6 Å². The minimum absolute atomic E-state index is 0.00381. The van der Waals surface area contributed by atoms with Gasteiger partial charge in [-0.1, -0.05) is 17.7 Å². The largest absolute Gasteiger partial charge is 0.489 e. The summed E-state index contributed by atoms with van der Waals surface area (Å²) >= 11 is 7.76. The topological polar surface area (TPSA) is 121 Å². The summed E-state index contributed by atoms with van der Waals surface area (Å²) in [6, 6.07) is 4.17. The van der Waals surface area contributed by atoms with Gasteiger partial charge in [-0.3, -0.25) is 9.69 Å². The number of nitrogen functional groups attached to an aromatic ring is 1. The van der Waals surface area contributed by atoms with E-state index in [0.717, 1.165) is 28.7 Å². The van der Waals surface area contributed by atoms with E-state index in [0.29, 0.717) is 13.0 Å². The number of aromatic nitrogens is 2. The highest BCUT2D eigenvalue weighted by molar-refractivity contribution is 7.23. The van der Waals surface area contributed by atoms with Crippen LogP contribution >= 0.6 is 22.9 Å². The number of carbonyl (C=O) groups is 1. The summed E-state index contributed by atoms with van der Waals surface area (Å²) in [5.74, 6) is -2.83. The summed E-state index contributed by atoms with van der Waals surface area (Å²) in [6.45, 7) is 1.03. The number of thiophene rings is 1. The highest BCUT2D eigenvalue weighted by atomic mass is 35.5. The normalized spacial score (nSPS) is 20.5. The molecule has 1 amide bonds. The first-order valence-electron chi connectivity index (χ1n) is 15.5. The summed E-state index contributed by atoms with van der Waals surface area (Å²) in [6.07, 6.45) is -2.39. The van der Waals surface area contributed by atoms with Crippen LogP contribution in [0.25, 0.3) is 32.1 Å². The number of rotatable bonds is 8. The molecule has 0 saturated carbocycles. The number of hydrogen-bond donors (Lipinski definition) is 1. The van der Waals surface area contributed by atoms with E-state index < -0.39 is 35.7 Å². The number of anilines is 2. The van der Waals surface area contributed by atoms with Crippen molar-refractivity contribution >= 4 is 60.7 Å². The fraction of sp³-hybridized carbons (Fsp3) is 0.438. The van der Waals surface area contributed by atoms with Gasteiger partial charge in [0.1, 0.15) is 47.6 Å². The maximum atomic E-state index is 17.1. The Bertz CT molecular complexity index is 2040. The van der Waals surface area contributed by atoms with Crippen molar-refractivity contribution in [3.63, 3.8) is 0 Å². The molecule has 3 aliphatic rings. The number of halogens is 6. The number of amides is 1. The van der Waals surface area contributed by atoms with E-state index in [1.165, 1.54) is 13.1 Å². The third-order valence-corrected chi connectivity index (χ3v) is 10.9. The molecule has 4 aromatic rings. The number of benzene rings is 2. The maximum absolute atomic E-state index is 17.1. The molecule has 3 aliphatic heterocycles. The first-order valence-corrected chi connectivity index (χ1v) is 16.7. The average molecular weight is 722 g/mol. The second kappa shape index (κ2) is 12.6. The first kappa shape index (κ1) is 33.3. The average Bonchev–Trinajstić information content (AvgIpc) is 3.67. The molecule has 0 unspecified atom stereocenters. The highest BCUT2D eigenvalue weighted by Crippen LogP contribution is 2.51. The molecule has 10 nitrogen and oxygen atoms in total. The smallest absolute Gasteiger partial charge is 0.319 e. The highest BCUT2D eigenvalue weighted by Gasteiger charge is 2.49. The van der Waals surface area contributed by atoms with E-state index in [2.05, 4.69) is 9.97 Å². The summed E-state index contributed by atoms with van der Waals surface area (Å²) in [5.41, 5.74) is 5.03. The minimum atomic E-state index is -3.19. The second-order valence-electron chi connectivity index (χ2n) is 12.4. The molecule has 2 saturated heterocycles. The Kier molecular flexibility index (Phi) is 8.56. The van der Waals surface area contributed by atoms with Crippen LogP contribution in [0.15, 0.2) is 12.1 Å². The Hall–Kier alpha value is -4.20. The van der Waals surface area contributed by atoms with E-state index >= 15 is 4.39 Å². The molecule has 0 bridgehead atoms. The number of nitriles is 1. The van der Waals surface area contributed by atoms with Crippen molar-refractivity contribution in [2.45, 2.75) is 37.4 Å². The van der Waals surface area contributed by atoms with Crippen molar-refractivity contribution in [2.75, 3.05) is 63.6 Å². The molecule has 2 aromatic carbocycles. The standard InChI is InChI=1S/C32H29ClF5N7O3S/c1-43(30(46)27(37)38)7-8-44-9-10-47-25-21-24(41-31(42-29(21)44)48-14-32-5-2-6-45(32)13-15(34)11-32)23(36)20(22(25)33)16-3-4-18(35)26-19(16)17(12-39)28(40)49-26/h3-4,15,27H,2,5-11,13-14,40H2,1H3/t15-,32+/m1/s1. The zero-order chi connectivity index (χ0) is 34.8. The molecule has 2 fully saturated rings. The summed E-state index contributed by atoms with van der Waals surface area (Å²) in [5, 5.41) is 9.87. The fourth-order valence-electron chi connectivity index (χ4n) is 7.19. The van der Waals surface area contributed by atoms with Crippen molar-refractivity contribution in [2.24, 2.45) is 0 Å². The van der Waals surface area contributed by atoms with Gasteiger partial charge in [-0.25, -0.2) is 13.2 Å². The van der Waals surface area contributed by atoms with Crippen LogP contribution in [0.1, 0.15) is 24.8 Å². The predicted molar refractivity (Wildman–Crippen MR) is 174 cm³/mol. The van der Waals surface area contributed by atoms with Crippen molar-refractivity contribution in [3.05, 3.63) is 34.4 Å². The van der Waals surface area contributed by atoms with Gasteiger partial charge in [-0.2, -0.15) is 24.0 Å². The Labute approximate surface area is 285 Å². The lowest BCUT2D eigenvalue weighted by Crippen LogP contribution is -2.43. The molecular formula is C32H29ClF5N7O3S. The number of likely N-dealkylation sites (N-methyl/N-ethyl adjacent to an activating group) is 1. The summed E-state index contributed by atoms with van der Waals surface area (Å²) < 4.78 is 85.0. The van der Waals surface area contributed by atoms with Crippen LogP contribution in [0.4, 0.5) is 32.8 Å². The van der Waals surface area contributed by atoms with Gasteiger partial charge in [0, 0.05) is 44.1 Å². The van der Waals surface area contributed by atoms with E-state index in [1.807, 2.05) is 11.0 Å². The lowest BCUT2D eigenvalue weighted by molar-refractivity contribution is -0.141. The molecular weight excluding hydrogens is 693 g/mol. The second-order valence-corrected chi connectivity index (χ2v) is 13.8. The molecule has 0 aliphatic carbocycles. The van der Waals surface area contributed by atoms with E-state index in [4.69, 9.17) is 26.8 Å². The van der Waals surface area contributed by atoms with Crippen LogP contribution < -0.4 is 20.1 Å². The number of nitrogens with two attached hydrogens (primary N) is 1. The number of alkyl halides is 3. The Morgan fingerprint density at radius 1 is 1.31 bits per heavy atom. The number of nitrogens with zero attached hydrogens (tertiary/aromatic N) is 6. The Morgan fingerprint density at radius 2 is 2.10 bits per heavy atom. The molecule has 2 N–H and O–H groups in total. The SMILES string of the molecule is CN(CCN1CCOc2c(Cl)c(-c3ccc(F)c4sc(N)c(C#N)c34)c(F)c3nc(OC[C@@]45CCCN4C[C@H](F)C5)nc1c23)C(=O)C(F)F. The van der Waals surface area contributed by atoms with Crippen molar-refractivity contribution in [3.8, 4) is 29.0 Å². The van der Waals surface area contributed by atoms with Crippen molar-refractivity contribution in [1.82, 2.24) is 19.8 Å². The van der Waals surface area contributed by atoms with Gasteiger partial charge in [-0.05, 0) is 31.0 Å². The quantitative estimate of drug-likeness (QED) is 0.226. The zero-order valence-corrected chi connectivity index (χ0v) is 27.6. The zero-order valence-electron chi connectivity index (χ0n) is 26.0. The van der Waals surface area contributed by atoms with Gasteiger partial charge in [0.15, 0.2) is 11.6 Å². The van der Waals surface area contributed by atoms with Crippen LogP contribution in [-0.2, 0) is 4.79 Å². The van der Waals surface area contributed by atoms with Gasteiger partial charge in [-0.15, -0.1) is 11.3 Å². The summed E-state index contributed by atoms with van der Waals surface area (Å²) in [4.78, 5) is 25.5. The van der Waals surface area contributed by atoms with E-state index in [-0.39, 0.29) is 111 Å². The third-order valence-electron chi connectivity index (χ3n) is 9.55. The Morgan fingerprint density at radius 3 is 2.86 bits per heavy atom. The molecule has 49 heavy (non-hydrogen) atoms. The number of hydrogen-bond acceptors (Lipinski definition) is 10. The van der Waals surface area contributed by atoms with Gasteiger partial charge in [0.2, 0.25) is 0 Å². The molecule has 7 rings (SSSR count). The lowest BCUT2D eigenvalue weighted by atomic mass is 9.95. The van der Waals surface area contributed by atoms with Crippen molar-refractivity contribution in [1.29, 1.82) is 5.26 Å². The predicted octanol–water partition coefficient (Wildman–Crippen LogP) is 5.77. The van der Waals surface area contributed by atoms with Crippen molar-refractivity contribution < 1.29 is 36.2 Å². The van der Waals surface area contributed by atoms with Gasteiger partial charge in [0.05, 0.1) is 32.8 Å². The lowest BCUT2D eigenvalue weighted by Gasteiger charge is -2.31. The van der Waals surface area contributed by atoms with Gasteiger partial charge < -0.3 is 25.0 Å². The van der Waals surface area contributed by atoms with Crippen LogP contribution in [0.5, 0.6) is 11.8 Å². The van der Waals surface area contributed by atoms with Crippen LogP contribution in [0.3, 0.4) is 0 Å². The third kappa shape index (κ3) is 5.51. The molecule has 17 heteroatoms. The molecule has 2 aromatic heterocycles. The molecule has 0 radical (unpaired) electrons. The molecule has 5 heterocycles. The first-order chi connectivity index (χ1) is 23.4. The van der Waals surface area contributed by atoms with Crippen LogP contribution in [0, 0.1) is 23.0 Å². The van der Waals surface area contributed by atoms with E-state index in [1.54, 1.807) is 4.90 Å². The fourth-order valence-corrected chi connectivity index (χ4v) is 8.47. The molecule has 258 valence electrons. The van der Waals surface area contributed by atoms with Crippen LogP contribution in [0.2, 0.25) is 5.02 Å². The molecule has 0 spiro atoms. The van der Waals surface area contributed by atoms with Crippen LogP contribution in [-0.4, -0.2) is 96.8 Å². The minimum Gasteiger partial charge on any atom is -0.489 e. The van der Waals surface area contributed by atoms with Gasteiger partial charge >= 0.3 is 12.4 Å². The monoisotopic (exact) mass is 721 g/mol. The molecule has 2 atom stereocenters. The van der Waals surface area contributed by atoms with Gasteiger partial charge in [0.25, 0.3) is 5.91 Å². The Balaban J connectivity index is 1.40. The number of carbonyl (C=O) groups excluding carboxylic acids is 1. The summed E-state index contributed by atoms with van der Waals surface area (Å²) in [7, 11) is 1.24. The maximum Gasteiger partial charge on any atom is 0.319 e. The number of ether oxygens (including phenoxy) is 2.